The molecule has 166 valence electrons. The molecule has 2 heterocycles. The molecule has 0 radical (unpaired) electrons. The molecule has 0 unspecified atom stereocenters. The van der Waals surface area contributed by atoms with Gasteiger partial charge >= 0.3 is 82.0 Å². The van der Waals surface area contributed by atoms with Crippen LogP contribution in [0.5, 0.6) is 0 Å². The second-order valence-electron chi connectivity index (χ2n) is 7.88. The molecule has 5 nitrogen and oxygen atoms in total. The van der Waals surface area contributed by atoms with Crippen LogP contribution < -0.4 is 4.37 Å². The summed E-state index contributed by atoms with van der Waals surface area (Å²) in [6, 6.07) is 18.4. The molecule has 4 aromatic rings. The van der Waals surface area contributed by atoms with Crippen LogP contribution >= 0.6 is 0 Å². The molecule has 1 aliphatic carbocycles. The molecule has 0 fully saturated rings. The average Bonchev–Trinajstić information content (AvgIpc) is 3.28. The standard InChI is InChI=1S/C16H14N4.C10H14N.Co/c17-11-5-3-4-10-8-9-14(18-15(10)11)16-19-12-6-1-2-7-13(12)20-16;1-3-8-6-5-7-9(4-2)10(8)11;/h1-2,6-9,17H,3-5H2,(H,19,20);5-7,11H,3-4H2,1-2H3;/q;-1;+1. The number of fused-ring (bicyclic) bond motifs is 2. The molecule has 32 heavy (non-hydrogen) atoms. The molecule has 1 aliphatic rings. The Balaban J connectivity index is 0.000000176. The third kappa shape index (κ3) is 4.61. The van der Waals surface area contributed by atoms with Crippen LogP contribution in [0.1, 0.15) is 49.1 Å². The Labute approximate surface area is 197 Å². The van der Waals surface area contributed by atoms with E-state index in [1.807, 2.05) is 30.3 Å². The molecule has 0 atom stereocenters. The first kappa shape index (κ1) is 22.2. The Morgan fingerprint density at radius 1 is 0.938 bits per heavy atom. The van der Waals surface area contributed by atoms with Crippen LogP contribution in [0.2, 0.25) is 0 Å². The van der Waals surface area contributed by atoms with E-state index >= 15 is 0 Å². The fourth-order valence-corrected chi connectivity index (χ4v) is 4.41. The number of aromatic nitrogens is 3. The zero-order chi connectivity index (χ0) is 22.5. The number of aryl methyl sites for hydroxylation is 3. The van der Waals surface area contributed by atoms with Gasteiger partial charge in [0, 0.05) is 0 Å². The summed E-state index contributed by atoms with van der Waals surface area (Å²) in [7, 11) is 0. The van der Waals surface area contributed by atoms with Gasteiger partial charge in [-0.2, -0.15) is 0 Å². The third-order valence-electron chi connectivity index (χ3n) is 5.85. The number of hydrogen-bond acceptors (Lipinski definition) is 4. The van der Waals surface area contributed by atoms with Crippen molar-refractivity contribution in [2.75, 3.05) is 4.37 Å². The van der Waals surface area contributed by atoms with Crippen LogP contribution in [0.15, 0.2) is 54.6 Å². The quantitative estimate of drug-likeness (QED) is 0.342. The van der Waals surface area contributed by atoms with Crippen LogP contribution in [-0.4, -0.2) is 20.7 Å². The molecule has 6 heteroatoms. The largest absolute Gasteiger partial charge is 0.337 e. The van der Waals surface area contributed by atoms with Crippen molar-refractivity contribution < 1.29 is 16.0 Å². The van der Waals surface area contributed by atoms with E-state index in [0.29, 0.717) is 5.71 Å². The van der Waals surface area contributed by atoms with E-state index in [0.717, 1.165) is 60.3 Å². The molecule has 2 aromatic heterocycles. The van der Waals surface area contributed by atoms with Crippen molar-refractivity contribution in [2.45, 2.75) is 46.0 Å². The normalized spacial score (nSPS) is 12.8. The zero-order valence-corrected chi connectivity index (χ0v) is 19.5. The van der Waals surface area contributed by atoms with E-state index in [-0.39, 0.29) is 0 Å². The number of benzene rings is 2. The molecular formula is C26H28CoN5. The summed E-state index contributed by atoms with van der Waals surface area (Å²) in [6.45, 7) is 4.31. The van der Waals surface area contributed by atoms with Gasteiger partial charge in [-0.1, -0.05) is 18.2 Å². The van der Waals surface area contributed by atoms with E-state index in [4.69, 9.17) is 5.41 Å². The summed E-state index contributed by atoms with van der Waals surface area (Å²) in [6.07, 6.45) is 5.00. The van der Waals surface area contributed by atoms with Crippen LogP contribution in [0.3, 0.4) is 0 Å². The molecule has 0 bridgehead atoms. The summed E-state index contributed by atoms with van der Waals surface area (Å²) in [4.78, 5) is 12.5. The number of para-hydroxylation sites is 3. The van der Waals surface area contributed by atoms with Crippen molar-refractivity contribution in [3.05, 3.63) is 77.0 Å². The van der Waals surface area contributed by atoms with Crippen molar-refractivity contribution >= 4 is 22.4 Å². The zero-order valence-electron chi connectivity index (χ0n) is 18.5. The Kier molecular flexibility index (Phi) is 7.02. The average molecular weight is 469 g/mol. The van der Waals surface area contributed by atoms with E-state index in [1.54, 1.807) is 0 Å². The van der Waals surface area contributed by atoms with Crippen molar-refractivity contribution in [1.82, 2.24) is 15.0 Å². The first-order valence-electron chi connectivity index (χ1n) is 11.1. The number of H-pyrrole nitrogens is 1. The number of pyridine rings is 1. The van der Waals surface area contributed by atoms with E-state index in [2.05, 4.69) is 73.4 Å². The first-order valence-corrected chi connectivity index (χ1v) is 11.6. The topological polar surface area (TPSA) is 77.5 Å². The van der Waals surface area contributed by atoms with E-state index in [1.165, 1.54) is 22.4 Å². The Morgan fingerprint density at radius 3 is 2.38 bits per heavy atom. The van der Waals surface area contributed by atoms with Gasteiger partial charge in [0.05, 0.1) is 22.4 Å². The predicted octanol–water partition coefficient (Wildman–Crippen LogP) is 6.01. The van der Waals surface area contributed by atoms with Crippen molar-refractivity contribution in [3.63, 3.8) is 0 Å². The van der Waals surface area contributed by atoms with Gasteiger partial charge in [-0.05, 0) is 43.0 Å². The number of rotatable bonds is 4. The van der Waals surface area contributed by atoms with Gasteiger partial charge < -0.3 is 10.4 Å². The fraction of sp³-hybridized carbons (Fsp3) is 0.269. The molecule has 0 spiro atoms. The number of nitrogens with zero attached hydrogens (tertiary/aromatic N) is 2. The second-order valence-corrected chi connectivity index (χ2v) is 8.14. The SMILES string of the molecule is CCc1cccc(CC)c1[NH][Co].N=C1CCCc2ccc(-c3nc4ccccc4[nH]3)nc21. The molecule has 0 amide bonds. The maximum absolute atomic E-state index is 8.04. The minimum atomic E-state index is 0.643. The Morgan fingerprint density at radius 2 is 1.69 bits per heavy atom. The second kappa shape index (κ2) is 10.1. The summed E-state index contributed by atoms with van der Waals surface area (Å²) in [5, 5.41) is 8.04. The molecule has 0 saturated heterocycles. The van der Waals surface area contributed by atoms with Gasteiger partial charge in [0.15, 0.2) is 5.82 Å². The fourth-order valence-electron chi connectivity index (χ4n) is 4.08. The summed E-state index contributed by atoms with van der Waals surface area (Å²) >= 11 is 4.16. The maximum atomic E-state index is 8.04. The van der Waals surface area contributed by atoms with Gasteiger partial charge in [0.1, 0.15) is 5.69 Å². The van der Waals surface area contributed by atoms with Crippen molar-refractivity contribution in [2.24, 2.45) is 0 Å². The van der Waals surface area contributed by atoms with Gasteiger partial charge in [0.25, 0.3) is 0 Å². The summed E-state index contributed by atoms with van der Waals surface area (Å²) in [5.74, 6) is 0.771. The van der Waals surface area contributed by atoms with Gasteiger partial charge in [-0.25, -0.2) is 9.97 Å². The van der Waals surface area contributed by atoms with Gasteiger partial charge in [0.2, 0.25) is 0 Å². The van der Waals surface area contributed by atoms with Crippen molar-refractivity contribution in [1.29, 1.82) is 5.41 Å². The van der Waals surface area contributed by atoms with Crippen LogP contribution in [0, 0.1) is 5.41 Å². The first-order chi connectivity index (χ1) is 15.6. The van der Waals surface area contributed by atoms with Crippen LogP contribution in [-0.2, 0) is 35.2 Å². The molecule has 3 N–H and O–H groups in total. The van der Waals surface area contributed by atoms with Gasteiger partial charge in [-0.3, -0.25) is 0 Å². The predicted molar refractivity (Wildman–Crippen MR) is 128 cm³/mol. The third-order valence-corrected chi connectivity index (χ3v) is 6.11. The maximum Gasteiger partial charge on any atom is 0.157 e. The minimum Gasteiger partial charge on any atom is -0.337 e. The van der Waals surface area contributed by atoms with Crippen LogP contribution in [0.25, 0.3) is 22.6 Å². The Bertz CT molecular complexity index is 1190. The molecule has 5 rings (SSSR count). The van der Waals surface area contributed by atoms with E-state index in [9.17, 15) is 0 Å². The van der Waals surface area contributed by atoms with Crippen LogP contribution in [0.4, 0.5) is 5.69 Å². The van der Waals surface area contributed by atoms with E-state index < -0.39 is 0 Å². The summed E-state index contributed by atoms with van der Waals surface area (Å²) in [5.41, 5.74) is 9.28. The number of nitrogens with one attached hydrogen (secondary N) is 3. The smallest absolute Gasteiger partial charge is 0.157 e. The monoisotopic (exact) mass is 469 g/mol. The molecular weight excluding hydrogens is 441 g/mol. The minimum absolute atomic E-state index is 0.643. The number of anilines is 1. The molecule has 0 aliphatic heterocycles. The molecule has 0 saturated carbocycles. The summed E-state index contributed by atoms with van der Waals surface area (Å²) < 4.78 is 2.95. The molecule has 2 aromatic carbocycles. The van der Waals surface area contributed by atoms with Crippen molar-refractivity contribution in [3.8, 4) is 11.5 Å². The number of imidazole rings is 1. The Hall–Kier alpha value is -2.96. The number of aromatic amines is 1. The van der Waals surface area contributed by atoms with Gasteiger partial charge in [-0.15, -0.1) is 0 Å². The number of hydrogen-bond donors (Lipinski definition) is 3.